The second-order valence-corrected chi connectivity index (χ2v) is 4.45. The van der Waals surface area contributed by atoms with Crippen LogP contribution in [-0.2, 0) is 0 Å². The van der Waals surface area contributed by atoms with Gasteiger partial charge in [-0.2, -0.15) is 0 Å². The number of nitrogens with one attached hydrogen (secondary N) is 1. The number of aromatic nitrogens is 2. The lowest BCUT2D eigenvalue weighted by Crippen LogP contribution is -2.09. The van der Waals surface area contributed by atoms with Gasteiger partial charge in [-0.25, -0.2) is 13.8 Å². The summed E-state index contributed by atoms with van der Waals surface area (Å²) < 4.78 is 27.7. The molecule has 21 heavy (non-hydrogen) atoms. The molecule has 5 nitrogen and oxygen atoms in total. The second kappa shape index (κ2) is 4.55. The molecule has 3 rings (SSSR count). The minimum atomic E-state index is -1.11. The first kappa shape index (κ1) is 13.0. The van der Waals surface area contributed by atoms with Crippen LogP contribution in [0.25, 0.3) is 11.0 Å². The van der Waals surface area contributed by atoms with E-state index in [1.54, 1.807) is 0 Å². The fourth-order valence-corrected chi connectivity index (χ4v) is 2.09. The summed E-state index contributed by atoms with van der Waals surface area (Å²) in [6.07, 6.45) is 2.47. The first-order valence-corrected chi connectivity index (χ1v) is 5.93. The van der Waals surface area contributed by atoms with Gasteiger partial charge in [-0.05, 0) is 18.2 Å². The molecule has 0 aliphatic heterocycles. The monoisotopic (exact) mass is 289 g/mol. The van der Waals surface area contributed by atoms with Crippen molar-refractivity contribution in [3.63, 3.8) is 0 Å². The van der Waals surface area contributed by atoms with E-state index in [0.29, 0.717) is 5.65 Å². The molecule has 1 aromatic carbocycles. The number of aromatic hydroxyl groups is 1. The van der Waals surface area contributed by atoms with Crippen molar-refractivity contribution in [2.75, 3.05) is 5.73 Å². The Hall–Kier alpha value is -2.96. The van der Waals surface area contributed by atoms with E-state index in [2.05, 4.69) is 9.97 Å². The summed E-state index contributed by atoms with van der Waals surface area (Å²) in [5.41, 5.74) is 4.62. The van der Waals surface area contributed by atoms with Gasteiger partial charge in [0.2, 0.25) is 5.78 Å². The molecule has 0 saturated heterocycles. The molecular weight excluding hydrogens is 280 g/mol. The van der Waals surface area contributed by atoms with Crippen LogP contribution in [0.3, 0.4) is 0 Å². The Morgan fingerprint density at radius 1 is 1.33 bits per heavy atom. The van der Waals surface area contributed by atoms with Crippen molar-refractivity contribution in [2.45, 2.75) is 0 Å². The molecule has 2 aromatic heterocycles. The van der Waals surface area contributed by atoms with Gasteiger partial charge in [-0.1, -0.05) is 0 Å². The molecule has 3 aromatic rings. The van der Waals surface area contributed by atoms with E-state index in [0.717, 1.165) is 12.1 Å². The lowest BCUT2D eigenvalue weighted by atomic mass is 10.0. The molecule has 0 unspecified atom stereocenters. The molecule has 7 heteroatoms. The maximum Gasteiger partial charge on any atom is 0.201 e. The molecule has 0 bridgehead atoms. The Morgan fingerprint density at radius 2 is 2.10 bits per heavy atom. The summed E-state index contributed by atoms with van der Waals surface area (Å²) in [6.45, 7) is 0. The molecule has 0 radical (unpaired) electrons. The number of hydrogen-bond acceptors (Lipinski definition) is 4. The van der Waals surface area contributed by atoms with Crippen LogP contribution in [0.1, 0.15) is 15.9 Å². The number of carbonyl (C=O) groups is 1. The molecular formula is C14H9F2N3O2. The molecule has 0 aliphatic carbocycles. The molecule has 0 spiro atoms. The number of hydrogen-bond donors (Lipinski definition) is 3. The summed E-state index contributed by atoms with van der Waals surface area (Å²) in [4.78, 5) is 18.9. The van der Waals surface area contributed by atoms with Crippen molar-refractivity contribution >= 4 is 22.5 Å². The number of nitrogens with two attached hydrogens (primary N) is 1. The van der Waals surface area contributed by atoms with Crippen molar-refractivity contribution < 1.29 is 18.7 Å². The quantitative estimate of drug-likeness (QED) is 0.499. The van der Waals surface area contributed by atoms with Crippen molar-refractivity contribution in [3.05, 3.63) is 53.4 Å². The first-order chi connectivity index (χ1) is 9.99. The highest BCUT2D eigenvalue weighted by Gasteiger charge is 2.23. The van der Waals surface area contributed by atoms with Crippen LogP contribution >= 0.6 is 0 Å². The predicted molar refractivity (Wildman–Crippen MR) is 72.0 cm³/mol. The number of halogens is 2. The van der Waals surface area contributed by atoms with E-state index in [9.17, 15) is 18.7 Å². The molecule has 106 valence electrons. The van der Waals surface area contributed by atoms with Gasteiger partial charge < -0.3 is 15.8 Å². The number of rotatable bonds is 2. The molecule has 0 saturated carbocycles. The maximum absolute atomic E-state index is 13.9. The van der Waals surface area contributed by atoms with Crippen LogP contribution < -0.4 is 5.73 Å². The van der Waals surface area contributed by atoms with Gasteiger partial charge in [0.1, 0.15) is 17.2 Å². The standard InChI is InChI=1S/C14H9F2N3O2/c15-9-1-2-10(17)12(16)11(9)13(21)8-5-19-14-7(8)3-6(20)4-18-14/h1-5,20H,17H2,(H,18,19). The molecule has 2 heterocycles. The SMILES string of the molecule is Nc1ccc(F)c(C(=O)c2c[nH]c3ncc(O)cc23)c1F. The van der Waals surface area contributed by atoms with Gasteiger partial charge >= 0.3 is 0 Å². The lowest BCUT2D eigenvalue weighted by Gasteiger charge is -2.05. The zero-order valence-corrected chi connectivity index (χ0v) is 10.5. The highest BCUT2D eigenvalue weighted by atomic mass is 19.1. The normalized spacial score (nSPS) is 11.0. The number of H-pyrrole nitrogens is 1. The number of ketones is 1. The van der Waals surface area contributed by atoms with Crippen LogP contribution in [0.5, 0.6) is 5.75 Å². The van der Waals surface area contributed by atoms with Gasteiger partial charge in [0.05, 0.1) is 17.4 Å². The minimum Gasteiger partial charge on any atom is -0.506 e. The third-order valence-electron chi connectivity index (χ3n) is 3.11. The van der Waals surface area contributed by atoms with Crippen molar-refractivity contribution in [1.29, 1.82) is 0 Å². The number of carbonyl (C=O) groups excluding carboxylic acids is 1. The van der Waals surface area contributed by atoms with E-state index in [1.165, 1.54) is 18.5 Å². The Kier molecular flexibility index (Phi) is 2.83. The van der Waals surface area contributed by atoms with Gasteiger partial charge in [-0.15, -0.1) is 0 Å². The van der Waals surface area contributed by atoms with Gasteiger partial charge in [0, 0.05) is 17.1 Å². The molecule has 0 amide bonds. The summed E-state index contributed by atoms with van der Waals surface area (Å²) in [5.74, 6) is -3.16. The Bertz CT molecular complexity index is 874. The number of anilines is 1. The van der Waals surface area contributed by atoms with Crippen LogP contribution in [0, 0.1) is 11.6 Å². The Balaban J connectivity index is 2.22. The van der Waals surface area contributed by atoms with E-state index < -0.39 is 23.0 Å². The number of benzene rings is 1. The highest BCUT2D eigenvalue weighted by Crippen LogP contribution is 2.26. The average Bonchev–Trinajstić information content (AvgIpc) is 2.86. The smallest absolute Gasteiger partial charge is 0.201 e. The highest BCUT2D eigenvalue weighted by molar-refractivity contribution is 6.16. The molecule has 0 atom stereocenters. The largest absolute Gasteiger partial charge is 0.506 e. The number of nitrogen functional groups attached to an aromatic ring is 1. The van der Waals surface area contributed by atoms with Crippen LogP contribution in [-0.4, -0.2) is 20.9 Å². The zero-order valence-electron chi connectivity index (χ0n) is 10.5. The Morgan fingerprint density at radius 3 is 2.86 bits per heavy atom. The molecule has 0 aliphatic rings. The number of nitrogens with zero attached hydrogens (tertiary/aromatic N) is 1. The second-order valence-electron chi connectivity index (χ2n) is 4.45. The van der Waals surface area contributed by atoms with Gasteiger partial charge in [-0.3, -0.25) is 4.79 Å². The number of fused-ring (bicyclic) bond motifs is 1. The number of aromatic amines is 1. The Labute approximate surface area is 117 Å². The third kappa shape index (κ3) is 1.99. The third-order valence-corrected chi connectivity index (χ3v) is 3.11. The van der Waals surface area contributed by atoms with Crippen molar-refractivity contribution in [3.8, 4) is 5.75 Å². The van der Waals surface area contributed by atoms with Crippen LogP contribution in [0.2, 0.25) is 0 Å². The van der Waals surface area contributed by atoms with Crippen LogP contribution in [0.15, 0.2) is 30.6 Å². The number of pyridine rings is 1. The van der Waals surface area contributed by atoms with E-state index in [1.807, 2.05) is 0 Å². The molecule has 4 N–H and O–H groups in total. The van der Waals surface area contributed by atoms with E-state index >= 15 is 0 Å². The predicted octanol–water partition coefficient (Wildman–Crippen LogP) is 2.36. The van der Waals surface area contributed by atoms with E-state index in [4.69, 9.17) is 5.73 Å². The summed E-state index contributed by atoms with van der Waals surface area (Å²) in [7, 11) is 0. The minimum absolute atomic E-state index is 0.00296. The molecule has 0 fully saturated rings. The van der Waals surface area contributed by atoms with Crippen molar-refractivity contribution in [1.82, 2.24) is 9.97 Å². The maximum atomic E-state index is 13.9. The lowest BCUT2D eigenvalue weighted by molar-refractivity contribution is 0.103. The fraction of sp³-hybridized carbons (Fsp3) is 0. The summed E-state index contributed by atoms with van der Waals surface area (Å²) >= 11 is 0. The van der Waals surface area contributed by atoms with Gasteiger partial charge in [0.15, 0.2) is 5.82 Å². The summed E-state index contributed by atoms with van der Waals surface area (Å²) in [6, 6.07) is 3.26. The zero-order chi connectivity index (χ0) is 15.1. The van der Waals surface area contributed by atoms with E-state index in [-0.39, 0.29) is 22.4 Å². The first-order valence-electron chi connectivity index (χ1n) is 5.93. The average molecular weight is 289 g/mol. The van der Waals surface area contributed by atoms with Crippen molar-refractivity contribution in [2.24, 2.45) is 0 Å². The topological polar surface area (TPSA) is 92.0 Å². The summed E-state index contributed by atoms with van der Waals surface area (Å²) in [5, 5.41) is 9.69. The van der Waals surface area contributed by atoms with Crippen LogP contribution in [0.4, 0.5) is 14.5 Å². The van der Waals surface area contributed by atoms with Gasteiger partial charge in [0.25, 0.3) is 0 Å². The fourth-order valence-electron chi connectivity index (χ4n) is 2.09.